The van der Waals surface area contributed by atoms with Crippen LogP contribution < -0.4 is 35.2 Å². The molecule has 3 saturated heterocycles. The highest BCUT2D eigenvalue weighted by Crippen LogP contribution is 2.38. The summed E-state index contributed by atoms with van der Waals surface area (Å²) in [7, 11) is 2.10. The summed E-state index contributed by atoms with van der Waals surface area (Å²) >= 11 is 13.3. The van der Waals surface area contributed by atoms with Crippen LogP contribution in [0.5, 0.6) is 11.8 Å². The molecule has 6 heterocycles. The van der Waals surface area contributed by atoms with Crippen molar-refractivity contribution in [3.05, 3.63) is 123 Å². The number of piperazine rings is 1. The Kier molecular flexibility index (Phi) is 14.8. The van der Waals surface area contributed by atoms with E-state index >= 15 is 4.39 Å². The maximum Gasteiger partial charge on any atom is 0.319 e. The monoisotopic (exact) mass is 1060 g/mol. The van der Waals surface area contributed by atoms with Crippen LogP contribution in [0.1, 0.15) is 64.8 Å². The number of aromatic nitrogens is 2. The number of ether oxygens (including phenoxy) is 2. The summed E-state index contributed by atoms with van der Waals surface area (Å²) in [5.74, 6) is -1.72. The molecule has 1 aromatic heterocycles. The lowest BCUT2D eigenvalue weighted by Crippen LogP contribution is -2.56. The number of anilines is 3. The molecular formula is C54H54Cl2FN11O7. The Bertz CT molecular complexity index is 3190. The van der Waals surface area contributed by atoms with E-state index in [0.29, 0.717) is 44.2 Å². The van der Waals surface area contributed by atoms with Gasteiger partial charge in [0.05, 0.1) is 47.4 Å². The van der Waals surface area contributed by atoms with E-state index in [9.17, 15) is 29.2 Å². The minimum Gasteiger partial charge on any atom is -0.487 e. The zero-order chi connectivity index (χ0) is 52.5. The molecule has 10 rings (SSSR count). The number of hydrogen-bond donors (Lipinski definition) is 3. The van der Waals surface area contributed by atoms with Crippen LogP contribution >= 0.6 is 23.2 Å². The SMILES string of the molecule is C=C(COc1cc(NC(=O)NCc2ccc3c(c2F)CN(C2CCC(=O)NC2=O)C3=O)ccc1Cl)C(=O)N1CCN(c2nc(OC[C@@H]3CCCN3C)nc3c2CCN(c2cccc4cccc(Cl)c24)C3)C[C@@H]1CC#N. The van der Waals surface area contributed by atoms with E-state index in [1.165, 1.54) is 29.2 Å². The topological polar surface area (TPSA) is 206 Å². The number of likely N-dealkylation sites (N-methyl/N-ethyl adjacent to an activating group) is 1. The number of fused-ring (bicyclic) bond motifs is 3. The Labute approximate surface area is 442 Å². The standard InChI is InChI=1S/C54H54Cl2FN11O7/c1-31(29-74-45-24-34(12-14-40(45)55)60-53(73)59-25-33-11-13-37-39(48(33)57)27-68(52(37)72)44-15-16-46(69)62-50(44)70)51(71)67-23-22-66(26-35(67)17-19-58)49-38-18-21-65(43-10-4-7-32-6-3-9-41(56)47(32)43)28-42(38)61-54(63-49)75-30-36-8-5-20-64(36)2/h3-4,6-7,9-14,24,35-36,44H,1,5,8,15-18,20-23,25-30H2,2H3,(H2,59,60,73)(H,62,69,70)/t35-,36-,44?/m0/s1. The van der Waals surface area contributed by atoms with Gasteiger partial charge in [-0.2, -0.15) is 15.2 Å². The number of benzene rings is 4. The number of nitriles is 1. The van der Waals surface area contributed by atoms with Crippen LogP contribution in [0.3, 0.4) is 0 Å². The molecule has 0 bridgehead atoms. The number of nitrogens with zero attached hydrogens (tertiary/aromatic N) is 8. The second-order valence-electron chi connectivity index (χ2n) is 19.4. The van der Waals surface area contributed by atoms with Crippen LogP contribution in [-0.4, -0.2) is 125 Å². The predicted octanol–water partition coefficient (Wildman–Crippen LogP) is 6.76. The van der Waals surface area contributed by atoms with E-state index in [1.54, 1.807) is 11.0 Å². The summed E-state index contributed by atoms with van der Waals surface area (Å²) < 4.78 is 28.1. The zero-order valence-corrected chi connectivity index (χ0v) is 42.7. The number of carbonyl (C=O) groups excluding carboxylic acids is 5. The molecule has 6 amide bonds. The number of halogens is 3. The average Bonchev–Trinajstić information content (AvgIpc) is 3.98. The summed E-state index contributed by atoms with van der Waals surface area (Å²) in [4.78, 5) is 84.1. The first-order valence-electron chi connectivity index (χ1n) is 24.9. The minimum atomic E-state index is -0.894. The summed E-state index contributed by atoms with van der Waals surface area (Å²) in [6.07, 6.45) is 3.03. The number of nitrogens with one attached hydrogen (secondary N) is 3. The molecule has 4 aromatic carbocycles. The first-order valence-corrected chi connectivity index (χ1v) is 25.7. The second-order valence-corrected chi connectivity index (χ2v) is 20.2. The van der Waals surface area contributed by atoms with Crippen molar-refractivity contribution in [1.82, 2.24) is 35.3 Å². The normalized spacial score (nSPS) is 19.6. The molecule has 3 fully saturated rings. The second kappa shape index (κ2) is 21.7. The Morgan fingerprint density at radius 2 is 1.75 bits per heavy atom. The van der Waals surface area contributed by atoms with Crippen molar-refractivity contribution in [2.45, 2.75) is 76.3 Å². The van der Waals surface area contributed by atoms with E-state index in [2.05, 4.69) is 68.5 Å². The molecule has 18 nitrogen and oxygen atoms in total. The van der Waals surface area contributed by atoms with Gasteiger partial charge in [0.25, 0.3) is 11.8 Å². The molecule has 0 spiro atoms. The molecule has 21 heteroatoms. The smallest absolute Gasteiger partial charge is 0.319 e. The van der Waals surface area contributed by atoms with Crippen molar-refractivity contribution in [2.75, 3.05) is 68.1 Å². The molecule has 388 valence electrons. The van der Waals surface area contributed by atoms with Crippen LogP contribution in [0.2, 0.25) is 10.0 Å². The van der Waals surface area contributed by atoms with Crippen molar-refractivity contribution in [1.29, 1.82) is 5.26 Å². The maximum absolute atomic E-state index is 15.7. The lowest BCUT2D eigenvalue weighted by Gasteiger charge is -2.42. The van der Waals surface area contributed by atoms with Crippen LogP contribution in [0.25, 0.3) is 10.8 Å². The highest BCUT2D eigenvalue weighted by molar-refractivity contribution is 6.36. The lowest BCUT2D eigenvalue weighted by molar-refractivity contribution is -0.137. The van der Waals surface area contributed by atoms with E-state index < -0.39 is 41.7 Å². The third kappa shape index (κ3) is 10.6. The fraction of sp³-hybridized carbons (Fsp3) is 0.370. The largest absolute Gasteiger partial charge is 0.487 e. The van der Waals surface area contributed by atoms with E-state index in [-0.39, 0.29) is 102 Å². The number of amides is 6. The molecule has 0 radical (unpaired) electrons. The number of piperidine rings is 1. The fourth-order valence-corrected chi connectivity index (χ4v) is 11.1. The minimum absolute atomic E-state index is 0.0558. The molecule has 3 N–H and O–H groups in total. The van der Waals surface area contributed by atoms with Gasteiger partial charge in [-0.05, 0) is 75.0 Å². The summed E-state index contributed by atoms with van der Waals surface area (Å²) in [6.45, 7) is 7.09. The van der Waals surface area contributed by atoms with Gasteiger partial charge in [-0.1, -0.05) is 60.1 Å². The van der Waals surface area contributed by atoms with Gasteiger partial charge in [0.15, 0.2) is 0 Å². The van der Waals surface area contributed by atoms with Crippen molar-refractivity contribution in [2.24, 2.45) is 0 Å². The van der Waals surface area contributed by atoms with E-state index in [0.717, 1.165) is 52.9 Å². The van der Waals surface area contributed by atoms with Crippen molar-refractivity contribution in [3.8, 4) is 17.8 Å². The summed E-state index contributed by atoms with van der Waals surface area (Å²) in [5, 5.41) is 20.5. The predicted molar refractivity (Wildman–Crippen MR) is 279 cm³/mol. The fourth-order valence-electron chi connectivity index (χ4n) is 10.7. The van der Waals surface area contributed by atoms with Crippen LogP contribution in [0.4, 0.5) is 26.4 Å². The number of rotatable bonds is 14. The van der Waals surface area contributed by atoms with Gasteiger partial charge in [-0.25, -0.2) is 9.18 Å². The van der Waals surface area contributed by atoms with Gasteiger partial charge in [-0.15, -0.1) is 0 Å². The zero-order valence-electron chi connectivity index (χ0n) is 41.2. The van der Waals surface area contributed by atoms with Gasteiger partial charge < -0.3 is 44.6 Å². The Morgan fingerprint density at radius 3 is 2.53 bits per heavy atom. The van der Waals surface area contributed by atoms with Crippen LogP contribution in [0.15, 0.2) is 78.9 Å². The highest BCUT2D eigenvalue weighted by atomic mass is 35.5. The Hall–Kier alpha value is -7.53. The molecule has 1 unspecified atom stereocenters. The number of imide groups is 1. The number of carbonyl (C=O) groups is 5. The molecule has 5 aromatic rings. The molecule has 5 aliphatic rings. The molecule has 3 atom stereocenters. The lowest BCUT2D eigenvalue weighted by atomic mass is 10.0. The molecule has 5 aliphatic heterocycles. The third-order valence-electron chi connectivity index (χ3n) is 14.7. The first-order chi connectivity index (χ1) is 36.2. The van der Waals surface area contributed by atoms with Gasteiger partial charge in [0.1, 0.15) is 36.6 Å². The van der Waals surface area contributed by atoms with Crippen molar-refractivity contribution in [3.63, 3.8) is 0 Å². The average molecular weight is 1060 g/mol. The van der Waals surface area contributed by atoms with Crippen LogP contribution in [0, 0.1) is 17.1 Å². The molecule has 0 saturated carbocycles. The quantitative estimate of drug-likeness (QED) is 0.0778. The highest BCUT2D eigenvalue weighted by Gasteiger charge is 2.41. The molecule has 0 aliphatic carbocycles. The number of urea groups is 1. The van der Waals surface area contributed by atoms with E-state index in [1.807, 2.05) is 18.2 Å². The van der Waals surface area contributed by atoms with Crippen molar-refractivity contribution >= 4 is 80.8 Å². The van der Waals surface area contributed by atoms with Crippen molar-refractivity contribution < 1.29 is 37.8 Å². The Morgan fingerprint density at radius 1 is 0.920 bits per heavy atom. The molecular weight excluding hydrogens is 1000 g/mol. The number of likely N-dealkylation sites (tertiary alicyclic amines) is 1. The summed E-state index contributed by atoms with van der Waals surface area (Å²) in [5.41, 5.74) is 3.61. The van der Waals surface area contributed by atoms with Gasteiger partial charge >= 0.3 is 12.0 Å². The van der Waals surface area contributed by atoms with Gasteiger partial charge in [-0.3, -0.25) is 24.5 Å². The maximum atomic E-state index is 15.7. The summed E-state index contributed by atoms with van der Waals surface area (Å²) in [6, 6.07) is 20.2. The van der Waals surface area contributed by atoms with Gasteiger partial charge in [0, 0.05) is 95.8 Å². The third-order valence-corrected chi connectivity index (χ3v) is 15.3. The first kappa shape index (κ1) is 51.0. The molecule has 75 heavy (non-hydrogen) atoms. The Balaban J connectivity index is 0.774. The number of hydrogen-bond acceptors (Lipinski definition) is 13. The van der Waals surface area contributed by atoms with E-state index in [4.69, 9.17) is 42.6 Å². The van der Waals surface area contributed by atoms with Gasteiger partial charge in [0.2, 0.25) is 11.8 Å². The van der Waals surface area contributed by atoms with Crippen LogP contribution in [-0.2, 0) is 40.4 Å².